The molecule has 4 nitrogen and oxygen atoms in total. The molecule has 0 atom stereocenters. The Morgan fingerprint density at radius 3 is 2.42 bits per heavy atom. The van der Waals surface area contributed by atoms with Gasteiger partial charge in [-0.1, -0.05) is 18.2 Å². The van der Waals surface area contributed by atoms with Gasteiger partial charge in [0.15, 0.2) is 5.82 Å². The second-order valence-corrected chi connectivity index (χ2v) is 3.54. The van der Waals surface area contributed by atoms with Crippen LogP contribution in [0.2, 0.25) is 0 Å². The summed E-state index contributed by atoms with van der Waals surface area (Å²) in [6, 6.07) is 12.4. The van der Waals surface area contributed by atoms with Crippen LogP contribution in [0.4, 0.5) is 10.1 Å². The molecule has 0 heterocycles. The first kappa shape index (κ1) is 14.9. The molecule has 2 aromatic rings. The highest BCUT2D eigenvalue weighted by molar-refractivity contribution is 5.91. The lowest BCUT2D eigenvalue weighted by Gasteiger charge is -2.06. The number of carbonyl (C=O) groups excluding carboxylic acids is 1. The molecular weight excluding hydrogens is 271 g/mol. The van der Waals surface area contributed by atoms with Gasteiger partial charge in [0.2, 0.25) is 0 Å². The van der Waals surface area contributed by atoms with Crippen LogP contribution in [0.5, 0.6) is 5.75 Å². The number of halogens is 2. The number of esters is 1. The third-order valence-corrected chi connectivity index (χ3v) is 2.32. The number of nitrogens with two attached hydrogens (primary N) is 1. The van der Waals surface area contributed by atoms with E-state index in [1.807, 2.05) is 0 Å². The van der Waals surface area contributed by atoms with E-state index in [0.29, 0.717) is 5.56 Å². The maximum Gasteiger partial charge on any atom is 0.343 e. The van der Waals surface area contributed by atoms with Gasteiger partial charge >= 0.3 is 5.97 Å². The fraction of sp³-hybridized carbons (Fsp3) is 0. The summed E-state index contributed by atoms with van der Waals surface area (Å²) in [7, 11) is 0. The van der Waals surface area contributed by atoms with Gasteiger partial charge in [0, 0.05) is 6.07 Å². The van der Waals surface area contributed by atoms with E-state index >= 15 is 0 Å². The third kappa shape index (κ3) is 3.67. The average Bonchev–Trinajstić information content (AvgIpc) is 2.40. The van der Waals surface area contributed by atoms with Crippen molar-refractivity contribution in [3.05, 3.63) is 59.9 Å². The number of nitrogen functional groups attached to an aromatic ring is 1. The van der Waals surface area contributed by atoms with E-state index in [0.717, 1.165) is 6.07 Å². The van der Waals surface area contributed by atoms with E-state index in [4.69, 9.17) is 10.6 Å². The number of rotatable bonds is 3. The van der Waals surface area contributed by atoms with Crippen LogP contribution in [0.25, 0.3) is 0 Å². The van der Waals surface area contributed by atoms with Crippen molar-refractivity contribution in [1.82, 2.24) is 0 Å². The molecule has 0 saturated heterocycles. The zero-order chi connectivity index (χ0) is 13.0. The fourth-order valence-electron chi connectivity index (χ4n) is 1.42. The van der Waals surface area contributed by atoms with Gasteiger partial charge in [0.05, 0.1) is 11.3 Å². The Labute approximate surface area is 115 Å². The molecule has 0 aromatic heterocycles. The largest absolute Gasteiger partial charge is 0.423 e. The lowest BCUT2D eigenvalue weighted by Crippen LogP contribution is -2.10. The number of nitrogens with one attached hydrogen (secondary N) is 1. The van der Waals surface area contributed by atoms with E-state index in [1.165, 1.54) is 12.1 Å². The lowest BCUT2D eigenvalue weighted by molar-refractivity contribution is 0.0734. The maximum absolute atomic E-state index is 13.4. The normalized spacial score (nSPS) is 9.37. The van der Waals surface area contributed by atoms with Crippen LogP contribution >= 0.6 is 12.4 Å². The molecule has 0 spiro atoms. The van der Waals surface area contributed by atoms with Crippen molar-refractivity contribution in [3.8, 4) is 5.75 Å². The smallest absolute Gasteiger partial charge is 0.343 e. The lowest BCUT2D eigenvalue weighted by atomic mass is 10.2. The number of hydrazine groups is 1. The zero-order valence-corrected chi connectivity index (χ0v) is 10.6. The Hall–Kier alpha value is -2.11. The topological polar surface area (TPSA) is 64.3 Å². The highest BCUT2D eigenvalue weighted by atomic mass is 35.5. The Balaban J connectivity index is 0.00000180. The molecule has 3 N–H and O–H groups in total. The van der Waals surface area contributed by atoms with Crippen LogP contribution in [0, 0.1) is 5.82 Å². The molecule has 2 rings (SSSR count). The Morgan fingerprint density at radius 2 is 1.84 bits per heavy atom. The number of ether oxygens (including phenoxy) is 1. The predicted molar refractivity (Wildman–Crippen MR) is 72.9 cm³/mol. The van der Waals surface area contributed by atoms with Crippen molar-refractivity contribution in [2.75, 3.05) is 5.43 Å². The SMILES string of the molecule is Cl.NNc1ccc(OC(=O)c2ccccc2)cc1F. The van der Waals surface area contributed by atoms with Crippen LogP contribution < -0.4 is 16.0 Å². The van der Waals surface area contributed by atoms with Crippen molar-refractivity contribution < 1.29 is 13.9 Å². The number of benzene rings is 2. The summed E-state index contributed by atoms with van der Waals surface area (Å²) in [6.07, 6.45) is 0. The quantitative estimate of drug-likeness (QED) is 0.393. The van der Waals surface area contributed by atoms with Crippen molar-refractivity contribution in [1.29, 1.82) is 0 Å². The van der Waals surface area contributed by atoms with Crippen molar-refractivity contribution in [2.24, 2.45) is 5.84 Å². The van der Waals surface area contributed by atoms with E-state index in [1.54, 1.807) is 30.3 Å². The van der Waals surface area contributed by atoms with E-state index in [2.05, 4.69) is 5.43 Å². The Morgan fingerprint density at radius 1 is 1.16 bits per heavy atom. The van der Waals surface area contributed by atoms with Crippen LogP contribution in [0.1, 0.15) is 10.4 Å². The number of carbonyl (C=O) groups is 1. The second kappa shape index (κ2) is 6.72. The summed E-state index contributed by atoms with van der Waals surface area (Å²) in [5.41, 5.74) is 2.73. The van der Waals surface area contributed by atoms with Crippen LogP contribution in [-0.2, 0) is 0 Å². The average molecular weight is 283 g/mol. The van der Waals surface area contributed by atoms with Gasteiger partial charge in [-0.2, -0.15) is 0 Å². The van der Waals surface area contributed by atoms with Crippen LogP contribution in [0.15, 0.2) is 48.5 Å². The molecule has 100 valence electrons. The van der Waals surface area contributed by atoms with Gasteiger partial charge in [0.1, 0.15) is 5.75 Å². The predicted octanol–water partition coefficient (Wildman–Crippen LogP) is 2.75. The summed E-state index contributed by atoms with van der Waals surface area (Å²) in [4.78, 5) is 11.7. The molecule has 0 saturated carbocycles. The molecular formula is C13H12ClFN2O2. The minimum absolute atomic E-state index is 0. The van der Waals surface area contributed by atoms with Gasteiger partial charge < -0.3 is 10.2 Å². The van der Waals surface area contributed by atoms with Gasteiger partial charge in [-0.25, -0.2) is 9.18 Å². The minimum atomic E-state index is -0.587. The van der Waals surface area contributed by atoms with Crippen molar-refractivity contribution in [3.63, 3.8) is 0 Å². The molecule has 0 aliphatic rings. The molecule has 2 aromatic carbocycles. The molecule has 19 heavy (non-hydrogen) atoms. The van der Waals surface area contributed by atoms with Crippen molar-refractivity contribution in [2.45, 2.75) is 0 Å². The zero-order valence-electron chi connectivity index (χ0n) is 9.80. The number of anilines is 1. The highest BCUT2D eigenvalue weighted by Crippen LogP contribution is 2.20. The Bertz CT molecular complexity index is 564. The van der Waals surface area contributed by atoms with Gasteiger partial charge in [-0.05, 0) is 24.3 Å². The van der Waals surface area contributed by atoms with Crippen LogP contribution in [-0.4, -0.2) is 5.97 Å². The summed E-state index contributed by atoms with van der Waals surface area (Å²) < 4.78 is 18.4. The molecule has 0 radical (unpaired) electrons. The first-order valence-corrected chi connectivity index (χ1v) is 5.24. The van der Waals surface area contributed by atoms with Crippen LogP contribution in [0.3, 0.4) is 0 Å². The minimum Gasteiger partial charge on any atom is -0.423 e. The molecule has 0 aliphatic carbocycles. The number of hydrogen-bond donors (Lipinski definition) is 2. The fourth-order valence-corrected chi connectivity index (χ4v) is 1.42. The van der Waals surface area contributed by atoms with Gasteiger partial charge in [0.25, 0.3) is 0 Å². The first-order valence-electron chi connectivity index (χ1n) is 5.24. The van der Waals surface area contributed by atoms with E-state index in [9.17, 15) is 9.18 Å². The first-order chi connectivity index (χ1) is 8.70. The molecule has 6 heteroatoms. The van der Waals surface area contributed by atoms with Gasteiger partial charge in [-0.15, -0.1) is 12.4 Å². The summed E-state index contributed by atoms with van der Waals surface area (Å²) >= 11 is 0. The third-order valence-electron chi connectivity index (χ3n) is 2.32. The molecule has 0 aliphatic heterocycles. The molecule has 0 bridgehead atoms. The molecule has 0 amide bonds. The summed E-state index contributed by atoms with van der Waals surface area (Å²) in [5, 5.41) is 0. The standard InChI is InChI=1S/C13H11FN2O2.ClH/c14-11-8-10(6-7-12(11)16-15)18-13(17)9-4-2-1-3-5-9;/h1-8,16H,15H2;1H. The van der Waals surface area contributed by atoms with E-state index < -0.39 is 11.8 Å². The highest BCUT2D eigenvalue weighted by Gasteiger charge is 2.09. The molecule has 0 unspecified atom stereocenters. The maximum atomic E-state index is 13.4. The number of hydrogen-bond acceptors (Lipinski definition) is 4. The monoisotopic (exact) mass is 282 g/mol. The second-order valence-electron chi connectivity index (χ2n) is 3.54. The Kier molecular flexibility index (Phi) is 5.29. The van der Waals surface area contributed by atoms with Gasteiger partial charge in [-0.3, -0.25) is 5.84 Å². The molecule has 0 fully saturated rings. The summed E-state index contributed by atoms with van der Waals surface area (Å²) in [6.45, 7) is 0. The van der Waals surface area contributed by atoms with Crippen molar-refractivity contribution >= 4 is 24.1 Å². The summed E-state index contributed by atoms with van der Waals surface area (Å²) in [5.74, 6) is 4.09. The van der Waals surface area contributed by atoms with E-state index in [-0.39, 0.29) is 23.8 Å².